The molecule has 3 aromatic carbocycles. The average molecular weight is 278 g/mol. The van der Waals surface area contributed by atoms with Gasteiger partial charge in [0.1, 0.15) is 12.4 Å². The van der Waals surface area contributed by atoms with E-state index in [1.54, 1.807) is 18.2 Å². The first kappa shape index (κ1) is 13.2. The zero-order chi connectivity index (χ0) is 14.7. The Bertz CT molecular complexity index is 779. The van der Waals surface area contributed by atoms with E-state index in [0.29, 0.717) is 12.2 Å². The molecule has 0 heterocycles. The Morgan fingerprint density at radius 3 is 2.38 bits per heavy atom. The molecule has 0 fully saturated rings. The van der Waals surface area contributed by atoms with Crippen LogP contribution < -0.4 is 4.74 Å². The van der Waals surface area contributed by atoms with Crippen molar-refractivity contribution in [3.05, 3.63) is 77.9 Å². The predicted octanol–water partition coefficient (Wildman–Crippen LogP) is 4.12. The Kier molecular flexibility index (Phi) is 3.56. The molecule has 0 bridgehead atoms. The number of fused-ring (bicyclic) bond motifs is 1. The minimum Gasteiger partial charge on any atom is -0.489 e. The summed E-state index contributed by atoms with van der Waals surface area (Å²) in [6.07, 6.45) is 0. The quantitative estimate of drug-likeness (QED) is 0.781. The van der Waals surface area contributed by atoms with Crippen molar-refractivity contribution in [2.75, 3.05) is 0 Å². The van der Waals surface area contributed by atoms with E-state index in [4.69, 9.17) is 9.84 Å². The number of aromatic carboxylic acids is 1. The van der Waals surface area contributed by atoms with Gasteiger partial charge < -0.3 is 9.84 Å². The molecule has 0 spiro atoms. The highest BCUT2D eigenvalue weighted by molar-refractivity contribution is 5.94. The van der Waals surface area contributed by atoms with Gasteiger partial charge in [-0.2, -0.15) is 0 Å². The van der Waals surface area contributed by atoms with E-state index in [-0.39, 0.29) is 0 Å². The molecule has 1 N–H and O–H groups in total. The number of ether oxygens (including phenoxy) is 1. The van der Waals surface area contributed by atoms with E-state index >= 15 is 0 Å². The van der Waals surface area contributed by atoms with Crippen LogP contribution >= 0.6 is 0 Å². The van der Waals surface area contributed by atoms with Crippen molar-refractivity contribution in [1.29, 1.82) is 0 Å². The third-order valence-electron chi connectivity index (χ3n) is 3.31. The Hall–Kier alpha value is -2.81. The average Bonchev–Trinajstić information content (AvgIpc) is 2.53. The van der Waals surface area contributed by atoms with Gasteiger partial charge in [0.15, 0.2) is 0 Å². The summed E-state index contributed by atoms with van der Waals surface area (Å²) in [4.78, 5) is 10.9. The van der Waals surface area contributed by atoms with Gasteiger partial charge in [0.05, 0.1) is 5.56 Å². The fourth-order valence-corrected chi connectivity index (χ4v) is 2.19. The Balaban J connectivity index is 1.81. The SMILES string of the molecule is O=C(O)c1ccc2cc(OCc3ccccc3)ccc2c1. The van der Waals surface area contributed by atoms with Crippen LogP contribution in [0.1, 0.15) is 15.9 Å². The highest BCUT2D eigenvalue weighted by Gasteiger charge is 2.04. The number of benzene rings is 3. The van der Waals surface area contributed by atoms with Gasteiger partial charge >= 0.3 is 5.97 Å². The third kappa shape index (κ3) is 3.03. The van der Waals surface area contributed by atoms with Crippen LogP contribution in [0.15, 0.2) is 66.7 Å². The molecule has 0 amide bonds. The fourth-order valence-electron chi connectivity index (χ4n) is 2.19. The first-order chi connectivity index (χ1) is 10.2. The molecule has 0 aliphatic carbocycles. The van der Waals surface area contributed by atoms with Crippen molar-refractivity contribution in [2.45, 2.75) is 6.61 Å². The maximum absolute atomic E-state index is 10.9. The molecule has 0 radical (unpaired) electrons. The molecular weight excluding hydrogens is 264 g/mol. The number of hydrogen-bond acceptors (Lipinski definition) is 2. The molecular formula is C18H14O3. The first-order valence-electron chi connectivity index (χ1n) is 6.66. The monoisotopic (exact) mass is 278 g/mol. The number of carboxylic acids is 1. The Morgan fingerprint density at radius 2 is 1.62 bits per heavy atom. The van der Waals surface area contributed by atoms with Gasteiger partial charge in [0, 0.05) is 0 Å². The minimum absolute atomic E-state index is 0.292. The smallest absolute Gasteiger partial charge is 0.335 e. The van der Waals surface area contributed by atoms with E-state index in [2.05, 4.69) is 0 Å². The lowest BCUT2D eigenvalue weighted by molar-refractivity contribution is 0.0697. The van der Waals surface area contributed by atoms with E-state index in [1.165, 1.54) is 0 Å². The van der Waals surface area contributed by atoms with Gasteiger partial charge in [-0.05, 0) is 40.6 Å². The summed E-state index contributed by atoms with van der Waals surface area (Å²) >= 11 is 0. The van der Waals surface area contributed by atoms with E-state index in [0.717, 1.165) is 22.1 Å². The van der Waals surface area contributed by atoms with Crippen molar-refractivity contribution in [1.82, 2.24) is 0 Å². The zero-order valence-corrected chi connectivity index (χ0v) is 11.3. The van der Waals surface area contributed by atoms with Crippen molar-refractivity contribution in [3.63, 3.8) is 0 Å². The lowest BCUT2D eigenvalue weighted by Crippen LogP contribution is -1.96. The maximum atomic E-state index is 10.9. The topological polar surface area (TPSA) is 46.5 Å². The van der Waals surface area contributed by atoms with E-state index in [9.17, 15) is 4.79 Å². The van der Waals surface area contributed by atoms with Crippen LogP contribution in [-0.2, 0) is 6.61 Å². The Labute approximate surface area is 122 Å². The molecule has 3 aromatic rings. The number of carboxylic acid groups (broad SMARTS) is 1. The first-order valence-corrected chi connectivity index (χ1v) is 6.66. The van der Waals surface area contributed by atoms with Crippen molar-refractivity contribution in [2.24, 2.45) is 0 Å². The molecule has 0 aromatic heterocycles. The van der Waals surface area contributed by atoms with Crippen LogP contribution in [0, 0.1) is 0 Å². The van der Waals surface area contributed by atoms with Gasteiger partial charge in [-0.25, -0.2) is 4.79 Å². The molecule has 3 nitrogen and oxygen atoms in total. The maximum Gasteiger partial charge on any atom is 0.335 e. The molecule has 104 valence electrons. The number of rotatable bonds is 4. The van der Waals surface area contributed by atoms with Crippen LogP contribution in [0.25, 0.3) is 10.8 Å². The van der Waals surface area contributed by atoms with E-state index < -0.39 is 5.97 Å². The van der Waals surface area contributed by atoms with Crippen molar-refractivity contribution >= 4 is 16.7 Å². The lowest BCUT2D eigenvalue weighted by atomic mass is 10.1. The summed E-state index contributed by atoms with van der Waals surface area (Å²) in [5.41, 5.74) is 1.40. The molecule has 0 saturated carbocycles. The summed E-state index contributed by atoms with van der Waals surface area (Å²) in [7, 11) is 0. The second-order valence-electron chi connectivity index (χ2n) is 4.80. The van der Waals surface area contributed by atoms with Crippen LogP contribution in [0.3, 0.4) is 0 Å². The highest BCUT2D eigenvalue weighted by Crippen LogP contribution is 2.23. The van der Waals surface area contributed by atoms with Gasteiger partial charge in [0.2, 0.25) is 0 Å². The lowest BCUT2D eigenvalue weighted by Gasteiger charge is -2.08. The van der Waals surface area contributed by atoms with E-state index in [1.807, 2.05) is 48.5 Å². The molecule has 0 aliphatic heterocycles. The molecule has 3 rings (SSSR count). The van der Waals surface area contributed by atoms with Crippen LogP contribution in [0.4, 0.5) is 0 Å². The van der Waals surface area contributed by atoms with Crippen LogP contribution in [0.2, 0.25) is 0 Å². The summed E-state index contributed by atoms with van der Waals surface area (Å²) in [5.74, 6) is -0.143. The Morgan fingerprint density at radius 1 is 0.905 bits per heavy atom. The van der Waals surface area contributed by atoms with Crippen LogP contribution in [0.5, 0.6) is 5.75 Å². The normalized spacial score (nSPS) is 10.5. The second kappa shape index (κ2) is 5.67. The molecule has 21 heavy (non-hydrogen) atoms. The molecule has 0 atom stereocenters. The van der Waals surface area contributed by atoms with Crippen molar-refractivity contribution in [3.8, 4) is 5.75 Å². The fraction of sp³-hybridized carbons (Fsp3) is 0.0556. The van der Waals surface area contributed by atoms with Crippen molar-refractivity contribution < 1.29 is 14.6 Å². The van der Waals surface area contributed by atoms with Gasteiger partial charge in [-0.3, -0.25) is 0 Å². The molecule has 3 heteroatoms. The van der Waals surface area contributed by atoms with Gasteiger partial charge in [-0.15, -0.1) is 0 Å². The molecule has 0 unspecified atom stereocenters. The predicted molar refractivity (Wildman–Crippen MR) is 81.7 cm³/mol. The summed E-state index contributed by atoms with van der Waals surface area (Å²) in [6.45, 7) is 0.513. The molecule has 0 saturated heterocycles. The number of carbonyl (C=O) groups is 1. The highest BCUT2D eigenvalue weighted by atomic mass is 16.5. The summed E-state index contributed by atoms with van der Waals surface area (Å²) in [5, 5.41) is 10.8. The molecule has 0 aliphatic rings. The number of hydrogen-bond donors (Lipinski definition) is 1. The minimum atomic E-state index is -0.915. The second-order valence-corrected chi connectivity index (χ2v) is 4.80. The van der Waals surface area contributed by atoms with Gasteiger partial charge in [0.25, 0.3) is 0 Å². The zero-order valence-electron chi connectivity index (χ0n) is 11.3. The summed E-state index contributed by atoms with van der Waals surface area (Å²) < 4.78 is 5.76. The standard InChI is InChI=1S/C18H14O3/c19-18(20)16-7-6-15-11-17(9-8-14(15)10-16)21-12-13-4-2-1-3-5-13/h1-11H,12H2,(H,19,20). The van der Waals surface area contributed by atoms with Gasteiger partial charge in [-0.1, -0.05) is 42.5 Å². The van der Waals surface area contributed by atoms with Crippen LogP contribution in [-0.4, -0.2) is 11.1 Å². The summed E-state index contributed by atoms with van der Waals surface area (Å²) in [6, 6.07) is 20.7. The third-order valence-corrected chi connectivity index (χ3v) is 3.31. The largest absolute Gasteiger partial charge is 0.489 e.